The van der Waals surface area contributed by atoms with Gasteiger partial charge in [-0.05, 0) is 42.5 Å². The zero-order chi connectivity index (χ0) is 17.3. The van der Waals surface area contributed by atoms with E-state index in [0.717, 1.165) is 57.2 Å². The van der Waals surface area contributed by atoms with Crippen LogP contribution in [0.4, 0.5) is 5.82 Å². The van der Waals surface area contributed by atoms with Crippen LogP contribution in [-0.4, -0.2) is 42.5 Å². The Bertz CT molecular complexity index is 690. The van der Waals surface area contributed by atoms with Crippen LogP contribution in [0.5, 0.6) is 0 Å². The Morgan fingerprint density at radius 3 is 2.62 bits per heavy atom. The van der Waals surface area contributed by atoms with Crippen molar-refractivity contribution in [2.45, 2.75) is 25.8 Å². The summed E-state index contributed by atoms with van der Waals surface area (Å²) < 4.78 is 0. The van der Waals surface area contributed by atoms with Gasteiger partial charge in [-0.2, -0.15) is 0 Å². The molecule has 6 heteroatoms. The number of guanidine groups is 1. The molecule has 1 aliphatic heterocycles. The number of halogens is 1. The maximum atomic E-state index is 4.46. The zero-order valence-corrected chi connectivity index (χ0v) is 17.6. The Morgan fingerprint density at radius 2 is 1.85 bits per heavy atom. The molecule has 2 N–H and O–H groups in total. The average molecular weight is 465 g/mol. The lowest BCUT2D eigenvalue weighted by atomic mass is 10.0. The Kier molecular flexibility index (Phi) is 8.67. The number of benzene rings is 1. The second-order valence-electron chi connectivity index (χ2n) is 6.26. The van der Waals surface area contributed by atoms with Crippen LogP contribution >= 0.6 is 24.0 Å². The molecule has 0 saturated heterocycles. The molecule has 1 aromatic carbocycles. The quantitative estimate of drug-likeness (QED) is 0.297. The van der Waals surface area contributed by atoms with Crippen molar-refractivity contribution in [2.75, 3.05) is 32.0 Å². The van der Waals surface area contributed by atoms with Crippen LogP contribution in [0.15, 0.2) is 53.7 Å². The third-order valence-electron chi connectivity index (χ3n) is 4.50. The minimum absolute atomic E-state index is 0. The Morgan fingerprint density at radius 1 is 1.08 bits per heavy atom. The normalized spacial score (nSPS) is 13.6. The minimum Gasteiger partial charge on any atom is -0.370 e. The second-order valence-corrected chi connectivity index (χ2v) is 6.26. The molecule has 140 valence electrons. The van der Waals surface area contributed by atoms with Crippen molar-refractivity contribution in [3.63, 3.8) is 0 Å². The van der Waals surface area contributed by atoms with E-state index in [9.17, 15) is 0 Å². The lowest BCUT2D eigenvalue weighted by molar-refractivity contribution is 0.378. The van der Waals surface area contributed by atoms with E-state index in [4.69, 9.17) is 0 Å². The standard InChI is InChI=1S/C20H27N5.HI/c1-21-20(25-15-11-17-8-2-3-9-18(17)16-25)24-14-7-6-13-23-19-10-4-5-12-22-19;/h2-5,8-10,12H,6-7,11,13-16H2,1H3,(H,21,24)(H,22,23);1H. The first kappa shape index (κ1) is 20.5. The molecular formula is C20H28IN5. The predicted octanol–water partition coefficient (Wildman–Crippen LogP) is 3.53. The summed E-state index contributed by atoms with van der Waals surface area (Å²) in [5.74, 6) is 1.95. The molecule has 0 spiro atoms. The van der Waals surface area contributed by atoms with E-state index in [-0.39, 0.29) is 24.0 Å². The van der Waals surface area contributed by atoms with Gasteiger partial charge in [0.1, 0.15) is 5.82 Å². The molecule has 2 heterocycles. The van der Waals surface area contributed by atoms with Crippen molar-refractivity contribution in [1.82, 2.24) is 15.2 Å². The summed E-state index contributed by atoms with van der Waals surface area (Å²) in [6.07, 6.45) is 5.10. The highest BCUT2D eigenvalue weighted by atomic mass is 127. The summed E-state index contributed by atoms with van der Waals surface area (Å²) in [5.41, 5.74) is 2.88. The van der Waals surface area contributed by atoms with Gasteiger partial charge in [0.2, 0.25) is 0 Å². The van der Waals surface area contributed by atoms with Crippen molar-refractivity contribution >= 4 is 35.8 Å². The van der Waals surface area contributed by atoms with Crippen LogP contribution in [0.1, 0.15) is 24.0 Å². The van der Waals surface area contributed by atoms with Gasteiger partial charge in [0.15, 0.2) is 5.96 Å². The number of hydrogen-bond acceptors (Lipinski definition) is 3. The molecule has 0 atom stereocenters. The number of unbranched alkanes of at least 4 members (excludes halogenated alkanes) is 1. The van der Waals surface area contributed by atoms with Crippen molar-refractivity contribution in [1.29, 1.82) is 0 Å². The average Bonchev–Trinajstić information content (AvgIpc) is 2.68. The molecule has 0 radical (unpaired) electrons. The maximum absolute atomic E-state index is 4.46. The summed E-state index contributed by atoms with van der Waals surface area (Å²) in [7, 11) is 1.87. The van der Waals surface area contributed by atoms with Crippen molar-refractivity contribution < 1.29 is 0 Å². The molecule has 0 aliphatic carbocycles. The van der Waals surface area contributed by atoms with Gasteiger partial charge in [0.25, 0.3) is 0 Å². The Hall–Kier alpha value is -1.83. The SMILES string of the molecule is CN=C(NCCCCNc1ccccn1)N1CCc2ccccc2C1.I. The summed E-state index contributed by atoms with van der Waals surface area (Å²) in [6, 6.07) is 14.6. The topological polar surface area (TPSA) is 52.6 Å². The van der Waals surface area contributed by atoms with Crippen LogP contribution < -0.4 is 10.6 Å². The van der Waals surface area contributed by atoms with E-state index in [1.165, 1.54) is 11.1 Å². The summed E-state index contributed by atoms with van der Waals surface area (Å²) in [5, 5.41) is 6.84. The van der Waals surface area contributed by atoms with E-state index >= 15 is 0 Å². The lowest BCUT2D eigenvalue weighted by Gasteiger charge is -2.31. The molecule has 2 aromatic rings. The highest BCUT2D eigenvalue weighted by Crippen LogP contribution is 2.18. The molecule has 0 bridgehead atoms. The van der Waals surface area contributed by atoms with E-state index in [1.807, 2.05) is 31.4 Å². The van der Waals surface area contributed by atoms with Gasteiger partial charge in [0.05, 0.1) is 0 Å². The molecule has 1 aliphatic rings. The summed E-state index contributed by atoms with van der Waals surface area (Å²) >= 11 is 0. The smallest absolute Gasteiger partial charge is 0.193 e. The predicted molar refractivity (Wildman–Crippen MR) is 119 cm³/mol. The van der Waals surface area contributed by atoms with Gasteiger partial charge in [-0.1, -0.05) is 30.3 Å². The van der Waals surface area contributed by atoms with Crippen molar-refractivity contribution in [2.24, 2.45) is 4.99 Å². The van der Waals surface area contributed by atoms with E-state index < -0.39 is 0 Å². The van der Waals surface area contributed by atoms with Crippen LogP contribution in [0, 0.1) is 0 Å². The molecule has 3 rings (SSSR count). The molecule has 0 unspecified atom stereocenters. The van der Waals surface area contributed by atoms with E-state index in [2.05, 4.69) is 49.8 Å². The van der Waals surface area contributed by atoms with Crippen molar-refractivity contribution in [3.05, 3.63) is 59.8 Å². The second kappa shape index (κ2) is 11.0. The summed E-state index contributed by atoms with van der Waals surface area (Å²) in [6.45, 7) is 3.85. The number of fused-ring (bicyclic) bond motifs is 1. The number of anilines is 1. The van der Waals surface area contributed by atoms with Gasteiger partial charge in [-0.25, -0.2) is 4.98 Å². The van der Waals surface area contributed by atoms with Crippen LogP contribution in [0.2, 0.25) is 0 Å². The molecule has 0 amide bonds. The molecule has 0 saturated carbocycles. The summed E-state index contributed by atoms with van der Waals surface area (Å²) in [4.78, 5) is 11.1. The molecular weight excluding hydrogens is 437 g/mol. The first-order chi connectivity index (χ1) is 12.4. The number of aliphatic imine (C=N–C) groups is 1. The Balaban J connectivity index is 0.00000243. The largest absolute Gasteiger partial charge is 0.370 e. The van der Waals surface area contributed by atoms with Crippen LogP contribution in [0.3, 0.4) is 0 Å². The molecule has 1 aromatic heterocycles. The number of rotatable bonds is 6. The minimum atomic E-state index is 0. The van der Waals surface area contributed by atoms with Crippen molar-refractivity contribution in [3.8, 4) is 0 Å². The molecule has 26 heavy (non-hydrogen) atoms. The van der Waals surface area contributed by atoms with E-state index in [1.54, 1.807) is 0 Å². The van der Waals surface area contributed by atoms with Gasteiger partial charge >= 0.3 is 0 Å². The van der Waals surface area contributed by atoms with Crippen LogP contribution in [-0.2, 0) is 13.0 Å². The molecule has 5 nitrogen and oxygen atoms in total. The third kappa shape index (κ3) is 5.86. The number of nitrogens with one attached hydrogen (secondary N) is 2. The van der Waals surface area contributed by atoms with Gasteiger partial charge < -0.3 is 15.5 Å². The van der Waals surface area contributed by atoms with Gasteiger partial charge in [-0.15, -0.1) is 24.0 Å². The van der Waals surface area contributed by atoms with Crippen LogP contribution in [0.25, 0.3) is 0 Å². The Labute approximate surface area is 173 Å². The van der Waals surface area contributed by atoms with Gasteiger partial charge in [-0.3, -0.25) is 4.99 Å². The highest BCUT2D eigenvalue weighted by Gasteiger charge is 2.18. The number of aromatic nitrogens is 1. The fourth-order valence-corrected chi connectivity index (χ4v) is 3.14. The van der Waals surface area contributed by atoms with E-state index in [0.29, 0.717) is 0 Å². The maximum Gasteiger partial charge on any atom is 0.193 e. The van der Waals surface area contributed by atoms with Gasteiger partial charge in [0, 0.05) is 39.4 Å². The lowest BCUT2D eigenvalue weighted by Crippen LogP contribution is -2.44. The number of pyridine rings is 1. The third-order valence-corrected chi connectivity index (χ3v) is 4.50. The highest BCUT2D eigenvalue weighted by molar-refractivity contribution is 14.0. The zero-order valence-electron chi connectivity index (χ0n) is 15.3. The molecule has 0 fully saturated rings. The number of nitrogens with zero attached hydrogens (tertiary/aromatic N) is 3. The first-order valence-corrected chi connectivity index (χ1v) is 9.04. The first-order valence-electron chi connectivity index (χ1n) is 9.04. The number of hydrogen-bond donors (Lipinski definition) is 2. The monoisotopic (exact) mass is 465 g/mol. The fourth-order valence-electron chi connectivity index (χ4n) is 3.14. The fraction of sp³-hybridized carbons (Fsp3) is 0.400.